The van der Waals surface area contributed by atoms with Crippen molar-refractivity contribution in [2.45, 2.75) is 6.04 Å². The summed E-state index contributed by atoms with van der Waals surface area (Å²) >= 11 is 0. The second-order valence-corrected chi connectivity index (χ2v) is 4.69. The zero-order valence-electron chi connectivity index (χ0n) is 11.0. The fraction of sp³-hybridized carbons (Fsp3) is 0.462. The van der Waals surface area contributed by atoms with Gasteiger partial charge in [0.1, 0.15) is 17.7 Å². The molecule has 1 unspecified atom stereocenters. The fourth-order valence-corrected chi connectivity index (χ4v) is 2.18. The van der Waals surface area contributed by atoms with Crippen LogP contribution in [0.1, 0.15) is 0 Å². The average molecular weight is 269 g/mol. The van der Waals surface area contributed by atoms with Gasteiger partial charge in [-0.05, 0) is 19.2 Å². The number of nitrogens with one attached hydrogen (secondary N) is 1. The van der Waals surface area contributed by atoms with Crippen molar-refractivity contribution in [1.82, 2.24) is 10.2 Å². The molecule has 1 heterocycles. The number of carbonyl (C=O) groups is 1. The third-order valence-electron chi connectivity index (χ3n) is 3.40. The van der Waals surface area contributed by atoms with Crippen LogP contribution in [0, 0.1) is 11.6 Å². The molecule has 1 aliphatic heterocycles. The monoisotopic (exact) mass is 269 g/mol. The highest BCUT2D eigenvalue weighted by Gasteiger charge is 2.29. The van der Waals surface area contributed by atoms with Gasteiger partial charge in [0.15, 0.2) is 0 Å². The maximum Gasteiger partial charge on any atom is 0.245 e. The van der Waals surface area contributed by atoms with Gasteiger partial charge < -0.3 is 10.2 Å². The van der Waals surface area contributed by atoms with Crippen LogP contribution in [-0.4, -0.2) is 50.6 Å². The van der Waals surface area contributed by atoms with Crippen LogP contribution < -0.4 is 10.2 Å². The molecule has 0 aromatic heterocycles. The van der Waals surface area contributed by atoms with Gasteiger partial charge in [-0.25, -0.2) is 8.78 Å². The number of halogens is 2. The molecule has 0 aliphatic carbocycles. The lowest BCUT2D eigenvalue weighted by Gasteiger charge is -2.34. The van der Waals surface area contributed by atoms with Gasteiger partial charge in [-0.2, -0.15) is 0 Å². The van der Waals surface area contributed by atoms with Crippen LogP contribution in [0.15, 0.2) is 18.2 Å². The highest BCUT2D eigenvalue weighted by molar-refractivity contribution is 5.97. The summed E-state index contributed by atoms with van der Waals surface area (Å²) in [5, 5.41) is 3.13. The molecule has 2 rings (SSSR count). The predicted octanol–water partition coefficient (Wildman–Crippen LogP) is 0.831. The first kappa shape index (κ1) is 13.9. The molecular formula is C13H17F2N3O. The third kappa shape index (κ3) is 2.90. The van der Waals surface area contributed by atoms with E-state index in [2.05, 4.69) is 5.32 Å². The van der Waals surface area contributed by atoms with Gasteiger partial charge in [-0.1, -0.05) is 0 Å². The summed E-state index contributed by atoms with van der Waals surface area (Å²) in [7, 11) is 3.36. The fourth-order valence-electron chi connectivity index (χ4n) is 2.18. The number of nitrogens with zero attached hydrogens (tertiary/aromatic N) is 2. The Hall–Kier alpha value is -1.53. The number of amides is 1. The van der Waals surface area contributed by atoms with Crippen molar-refractivity contribution in [2.24, 2.45) is 0 Å². The number of hydrogen-bond donors (Lipinski definition) is 1. The van der Waals surface area contributed by atoms with Crippen molar-refractivity contribution in [3.8, 4) is 0 Å². The quantitative estimate of drug-likeness (QED) is 0.864. The molecular weight excluding hydrogens is 252 g/mol. The highest BCUT2D eigenvalue weighted by atomic mass is 19.1. The highest BCUT2D eigenvalue weighted by Crippen LogP contribution is 2.20. The van der Waals surface area contributed by atoms with Crippen molar-refractivity contribution in [2.75, 3.05) is 38.6 Å². The van der Waals surface area contributed by atoms with E-state index in [0.717, 1.165) is 25.2 Å². The SMILES string of the molecule is CN(C(=O)C1CNCCN1C)c1ccc(F)cc1F. The van der Waals surface area contributed by atoms with Crippen LogP contribution >= 0.6 is 0 Å². The van der Waals surface area contributed by atoms with Crippen molar-refractivity contribution in [1.29, 1.82) is 0 Å². The molecule has 1 fully saturated rings. The Balaban J connectivity index is 2.18. The average Bonchev–Trinajstić information content (AvgIpc) is 2.38. The second-order valence-electron chi connectivity index (χ2n) is 4.69. The van der Waals surface area contributed by atoms with Crippen molar-refractivity contribution < 1.29 is 13.6 Å². The predicted molar refractivity (Wildman–Crippen MR) is 69.1 cm³/mol. The van der Waals surface area contributed by atoms with Crippen molar-refractivity contribution >= 4 is 11.6 Å². The Morgan fingerprint density at radius 2 is 2.21 bits per heavy atom. The van der Waals surface area contributed by atoms with E-state index in [1.54, 1.807) is 0 Å². The number of rotatable bonds is 2. The molecule has 0 radical (unpaired) electrons. The molecule has 0 bridgehead atoms. The molecule has 1 aliphatic rings. The maximum absolute atomic E-state index is 13.7. The van der Waals surface area contributed by atoms with E-state index < -0.39 is 11.6 Å². The molecule has 0 spiro atoms. The third-order valence-corrected chi connectivity index (χ3v) is 3.40. The summed E-state index contributed by atoms with van der Waals surface area (Å²) in [6, 6.07) is 2.87. The molecule has 0 saturated carbocycles. The Bertz CT molecular complexity index is 481. The van der Waals surface area contributed by atoms with Crippen LogP contribution in [0.2, 0.25) is 0 Å². The van der Waals surface area contributed by atoms with Crippen LogP contribution in [0.5, 0.6) is 0 Å². The molecule has 19 heavy (non-hydrogen) atoms. The standard InChI is InChI=1S/C13H17F2N3O/c1-17-6-5-16-8-12(17)13(19)18(2)11-4-3-9(14)7-10(11)15/h3-4,7,12,16H,5-6,8H2,1-2H3. The smallest absolute Gasteiger partial charge is 0.245 e. The normalized spacial score (nSPS) is 20.3. The molecule has 1 N–H and O–H groups in total. The minimum Gasteiger partial charge on any atom is -0.313 e. The summed E-state index contributed by atoms with van der Waals surface area (Å²) in [6.45, 7) is 2.12. The van der Waals surface area contributed by atoms with Gasteiger partial charge in [0.2, 0.25) is 5.91 Å². The number of carbonyl (C=O) groups excluding carboxylic acids is 1. The largest absolute Gasteiger partial charge is 0.313 e. The Morgan fingerprint density at radius 3 is 2.84 bits per heavy atom. The molecule has 1 amide bonds. The molecule has 1 aromatic rings. The minimum absolute atomic E-state index is 0.0883. The zero-order valence-corrected chi connectivity index (χ0v) is 11.0. The van der Waals surface area contributed by atoms with Crippen LogP contribution in [0.4, 0.5) is 14.5 Å². The molecule has 4 nitrogen and oxygen atoms in total. The first-order valence-electron chi connectivity index (χ1n) is 6.14. The summed E-state index contributed by atoms with van der Waals surface area (Å²) in [5.74, 6) is -1.60. The Kier molecular flexibility index (Phi) is 4.11. The Labute approximate surface area is 111 Å². The van der Waals surface area contributed by atoms with Crippen LogP contribution in [-0.2, 0) is 4.79 Å². The van der Waals surface area contributed by atoms with Gasteiger partial charge in [0.05, 0.1) is 5.69 Å². The topological polar surface area (TPSA) is 35.6 Å². The van der Waals surface area contributed by atoms with Gasteiger partial charge in [0.25, 0.3) is 0 Å². The molecule has 6 heteroatoms. The lowest BCUT2D eigenvalue weighted by molar-refractivity contribution is -0.123. The molecule has 1 saturated heterocycles. The number of hydrogen-bond acceptors (Lipinski definition) is 3. The van der Waals surface area contributed by atoms with Gasteiger partial charge in [-0.15, -0.1) is 0 Å². The van der Waals surface area contributed by atoms with E-state index >= 15 is 0 Å². The van der Waals surface area contributed by atoms with Crippen LogP contribution in [0.25, 0.3) is 0 Å². The first-order chi connectivity index (χ1) is 9.00. The lowest BCUT2D eigenvalue weighted by Crippen LogP contribution is -2.56. The van der Waals surface area contributed by atoms with Crippen LogP contribution in [0.3, 0.4) is 0 Å². The summed E-state index contributed by atoms with van der Waals surface area (Å²) in [5.41, 5.74) is 0.0883. The molecule has 104 valence electrons. The van der Waals surface area contributed by atoms with E-state index in [9.17, 15) is 13.6 Å². The zero-order chi connectivity index (χ0) is 14.0. The van der Waals surface area contributed by atoms with Crippen molar-refractivity contribution in [3.05, 3.63) is 29.8 Å². The number of piperazine rings is 1. The van der Waals surface area contributed by atoms with E-state index in [0.29, 0.717) is 6.54 Å². The molecule has 1 aromatic carbocycles. The number of likely N-dealkylation sites (N-methyl/N-ethyl adjacent to an activating group) is 2. The number of anilines is 1. The maximum atomic E-state index is 13.7. The van der Waals surface area contributed by atoms with Crippen molar-refractivity contribution in [3.63, 3.8) is 0 Å². The minimum atomic E-state index is -0.734. The van der Waals surface area contributed by atoms with E-state index in [-0.39, 0.29) is 17.6 Å². The summed E-state index contributed by atoms with van der Waals surface area (Å²) in [6.07, 6.45) is 0. The van der Waals surface area contributed by atoms with E-state index in [4.69, 9.17) is 0 Å². The van der Waals surface area contributed by atoms with E-state index in [1.165, 1.54) is 18.0 Å². The summed E-state index contributed by atoms with van der Waals surface area (Å²) < 4.78 is 26.5. The second kappa shape index (κ2) is 5.63. The first-order valence-corrected chi connectivity index (χ1v) is 6.14. The van der Waals surface area contributed by atoms with Gasteiger partial charge in [0, 0.05) is 32.7 Å². The van der Waals surface area contributed by atoms with E-state index in [1.807, 2.05) is 11.9 Å². The molecule has 1 atom stereocenters. The number of benzene rings is 1. The van der Waals surface area contributed by atoms with Gasteiger partial charge >= 0.3 is 0 Å². The lowest BCUT2D eigenvalue weighted by atomic mass is 10.1. The Morgan fingerprint density at radius 1 is 1.47 bits per heavy atom. The van der Waals surface area contributed by atoms with Gasteiger partial charge in [-0.3, -0.25) is 9.69 Å². The summed E-state index contributed by atoms with van der Waals surface area (Å²) in [4.78, 5) is 15.5.